The smallest absolute Gasteiger partial charge is 0.192 e. The molecular weight excluding hydrogens is 356 g/mol. The first-order valence-electron chi connectivity index (χ1n) is 10.1. The Labute approximate surface area is 167 Å². The zero-order valence-electron chi connectivity index (χ0n) is 17.1. The van der Waals surface area contributed by atoms with Crippen molar-refractivity contribution in [2.45, 2.75) is 78.4 Å². The van der Waals surface area contributed by atoms with Gasteiger partial charge in [0.15, 0.2) is 5.96 Å². The highest BCUT2D eigenvalue weighted by Gasteiger charge is 2.11. The molecule has 0 fully saturated rings. The van der Waals surface area contributed by atoms with Crippen molar-refractivity contribution in [2.75, 3.05) is 6.54 Å². The predicted octanol–water partition coefficient (Wildman–Crippen LogP) is 4.17. The molecule has 0 radical (unpaired) electrons. The fourth-order valence-corrected chi connectivity index (χ4v) is 3.70. The Balaban J connectivity index is 1.96. The average molecular weight is 391 g/mol. The lowest BCUT2D eigenvalue weighted by molar-refractivity contribution is 0.539. The van der Waals surface area contributed by atoms with E-state index in [1.165, 1.54) is 24.1 Å². The van der Waals surface area contributed by atoms with E-state index in [4.69, 9.17) is 4.99 Å². The minimum Gasteiger partial charge on any atom is -0.354 e. The van der Waals surface area contributed by atoms with E-state index in [-0.39, 0.29) is 6.04 Å². The highest BCUT2D eigenvalue weighted by Crippen LogP contribution is 2.18. The van der Waals surface area contributed by atoms with Crippen LogP contribution in [0.5, 0.6) is 0 Å². The standard InChI is InChI=1S/C20H34N6S/c1-5-7-8-10-16(3)23-20(24-17(4)18-11-9-14-27-18)21-12-13-26-15-22-25-19(26)6-2/h9,11,14-17H,5-8,10,12-13H2,1-4H3,(H2,21,23,24). The second-order valence-corrected chi connectivity index (χ2v) is 7.93. The summed E-state index contributed by atoms with van der Waals surface area (Å²) in [5.74, 6) is 1.89. The highest BCUT2D eigenvalue weighted by molar-refractivity contribution is 7.10. The molecule has 0 amide bonds. The molecule has 2 heterocycles. The van der Waals surface area contributed by atoms with Gasteiger partial charge in [0.2, 0.25) is 0 Å². The van der Waals surface area contributed by atoms with Gasteiger partial charge in [0, 0.05) is 23.9 Å². The van der Waals surface area contributed by atoms with Crippen molar-refractivity contribution >= 4 is 17.3 Å². The van der Waals surface area contributed by atoms with E-state index in [2.05, 4.69) is 70.6 Å². The van der Waals surface area contributed by atoms with Gasteiger partial charge in [0.1, 0.15) is 12.2 Å². The Hall–Kier alpha value is -1.89. The summed E-state index contributed by atoms with van der Waals surface area (Å²) in [6.45, 7) is 10.2. The second kappa shape index (κ2) is 11.7. The molecule has 0 aromatic carbocycles. The summed E-state index contributed by atoms with van der Waals surface area (Å²) in [6.07, 6.45) is 7.62. The summed E-state index contributed by atoms with van der Waals surface area (Å²) in [5, 5.41) is 17.4. The average Bonchev–Trinajstić information content (AvgIpc) is 3.33. The minimum absolute atomic E-state index is 0.236. The van der Waals surface area contributed by atoms with Gasteiger partial charge in [-0.3, -0.25) is 4.99 Å². The molecule has 0 aliphatic rings. The Kier molecular flexibility index (Phi) is 9.31. The molecule has 2 aromatic rings. The number of aromatic nitrogens is 3. The Morgan fingerprint density at radius 1 is 1.26 bits per heavy atom. The SMILES string of the molecule is CCCCCC(C)NC(=NCCn1cnnc1CC)NC(C)c1cccs1. The van der Waals surface area contributed by atoms with E-state index < -0.39 is 0 Å². The number of rotatable bonds is 11. The normalized spacial score (nSPS) is 14.1. The Morgan fingerprint density at radius 2 is 2.11 bits per heavy atom. The number of nitrogens with zero attached hydrogens (tertiary/aromatic N) is 4. The number of aryl methyl sites for hydroxylation is 1. The first kappa shape index (κ1) is 21.4. The van der Waals surface area contributed by atoms with Crippen LogP contribution in [-0.4, -0.2) is 33.3 Å². The molecule has 0 saturated carbocycles. The molecule has 0 bridgehead atoms. The fraction of sp³-hybridized carbons (Fsp3) is 0.650. The molecule has 0 aliphatic carbocycles. The third kappa shape index (κ3) is 7.33. The van der Waals surface area contributed by atoms with Crippen molar-refractivity contribution < 1.29 is 0 Å². The van der Waals surface area contributed by atoms with Crippen LogP contribution < -0.4 is 10.6 Å². The number of hydrogen-bond donors (Lipinski definition) is 2. The topological polar surface area (TPSA) is 67.1 Å². The fourth-order valence-electron chi connectivity index (χ4n) is 2.96. The van der Waals surface area contributed by atoms with E-state index in [0.717, 1.165) is 31.2 Å². The van der Waals surface area contributed by atoms with Crippen LogP contribution in [0, 0.1) is 0 Å². The number of unbranched alkanes of at least 4 members (excludes halogenated alkanes) is 2. The van der Waals surface area contributed by atoms with Gasteiger partial charge in [0.05, 0.1) is 12.6 Å². The molecule has 0 saturated heterocycles. The van der Waals surface area contributed by atoms with Gasteiger partial charge in [0.25, 0.3) is 0 Å². The lowest BCUT2D eigenvalue weighted by Crippen LogP contribution is -2.43. The van der Waals surface area contributed by atoms with Crippen LogP contribution in [0.3, 0.4) is 0 Å². The lowest BCUT2D eigenvalue weighted by atomic mass is 10.1. The monoisotopic (exact) mass is 390 g/mol. The number of nitrogens with one attached hydrogen (secondary N) is 2. The molecule has 2 unspecified atom stereocenters. The summed E-state index contributed by atoms with van der Waals surface area (Å²) in [7, 11) is 0. The third-order valence-electron chi connectivity index (χ3n) is 4.57. The van der Waals surface area contributed by atoms with Crippen molar-refractivity contribution in [1.82, 2.24) is 25.4 Å². The van der Waals surface area contributed by atoms with Crippen molar-refractivity contribution in [3.63, 3.8) is 0 Å². The van der Waals surface area contributed by atoms with Gasteiger partial charge in [-0.15, -0.1) is 21.5 Å². The number of thiophene rings is 1. The van der Waals surface area contributed by atoms with E-state index in [9.17, 15) is 0 Å². The molecule has 2 N–H and O–H groups in total. The molecule has 150 valence electrons. The third-order valence-corrected chi connectivity index (χ3v) is 5.62. The predicted molar refractivity (Wildman–Crippen MR) is 114 cm³/mol. The quantitative estimate of drug-likeness (QED) is 0.343. The Morgan fingerprint density at radius 3 is 2.81 bits per heavy atom. The molecular formula is C20H34N6S. The molecule has 7 heteroatoms. The first-order chi connectivity index (χ1) is 13.1. The summed E-state index contributed by atoms with van der Waals surface area (Å²) in [5.41, 5.74) is 0. The van der Waals surface area contributed by atoms with Crippen molar-refractivity contribution in [2.24, 2.45) is 4.99 Å². The molecule has 2 aromatic heterocycles. The van der Waals surface area contributed by atoms with Crippen molar-refractivity contribution in [3.05, 3.63) is 34.5 Å². The summed E-state index contributed by atoms with van der Waals surface area (Å²) in [4.78, 5) is 6.13. The van der Waals surface area contributed by atoms with E-state index in [1.54, 1.807) is 17.7 Å². The van der Waals surface area contributed by atoms with Crippen LogP contribution in [0.1, 0.15) is 70.1 Å². The number of hydrogen-bond acceptors (Lipinski definition) is 4. The lowest BCUT2D eigenvalue weighted by Gasteiger charge is -2.21. The number of aliphatic imine (C=N–C) groups is 1. The van der Waals surface area contributed by atoms with E-state index >= 15 is 0 Å². The van der Waals surface area contributed by atoms with Gasteiger partial charge in [-0.25, -0.2) is 0 Å². The molecule has 6 nitrogen and oxygen atoms in total. The van der Waals surface area contributed by atoms with Crippen LogP contribution in [0.25, 0.3) is 0 Å². The number of guanidine groups is 1. The van der Waals surface area contributed by atoms with Gasteiger partial charge in [-0.05, 0) is 31.7 Å². The summed E-state index contributed by atoms with van der Waals surface area (Å²) >= 11 is 1.77. The zero-order chi connectivity index (χ0) is 19.5. The maximum atomic E-state index is 4.81. The first-order valence-corrected chi connectivity index (χ1v) is 11.0. The van der Waals surface area contributed by atoms with Crippen LogP contribution in [0.4, 0.5) is 0 Å². The van der Waals surface area contributed by atoms with Crippen LogP contribution in [-0.2, 0) is 13.0 Å². The molecule has 2 atom stereocenters. The summed E-state index contributed by atoms with van der Waals surface area (Å²) < 4.78 is 2.08. The van der Waals surface area contributed by atoms with Crippen LogP contribution in [0.2, 0.25) is 0 Å². The summed E-state index contributed by atoms with van der Waals surface area (Å²) in [6, 6.07) is 4.89. The van der Waals surface area contributed by atoms with E-state index in [1.807, 2.05) is 0 Å². The van der Waals surface area contributed by atoms with Gasteiger partial charge < -0.3 is 15.2 Å². The maximum Gasteiger partial charge on any atom is 0.192 e. The van der Waals surface area contributed by atoms with Crippen molar-refractivity contribution in [1.29, 1.82) is 0 Å². The van der Waals surface area contributed by atoms with E-state index in [0.29, 0.717) is 12.6 Å². The zero-order valence-corrected chi connectivity index (χ0v) is 17.9. The van der Waals surface area contributed by atoms with Gasteiger partial charge in [-0.2, -0.15) is 0 Å². The molecule has 27 heavy (non-hydrogen) atoms. The van der Waals surface area contributed by atoms with Crippen LogP contribution in [0.15, 0.2) is 28.8 Å². The van der Waals surface area contributed by atoms with Crippen LogP contribution >= 0.6 is 11.3 Å². The molecule has 2 rings (SSSR count). The molecule has 0 spiro atoms. The second-order valence-electron chi connectivity index (χ2n) is 6.95. The highest BCUT2D eigenvalue weighted by atomic mass is 32.1. The largest absolute Gasteiger partial charge is 0.354 e. The molecule has 0 aliphatic heterocycles. The van der Waals surface area contributed by atoms with Gasteiger partial charge in [-0.1, -0.05) is 39.2 Å². The van der Waals surface area contributed by atoms with Gasteiger partial charge >= 0.3 is 0 Å². The maximum absolute atomic E-state index is 4.81. The van der Waals surface area contributed by atoms with Crippen molar-refractivity contribution in [3.8, 4) is 0 Å². The minimum atomic E-state index is 0.236. The Bertz CT molecular complexity index is 664.